The summed E-state index contributed by atoms with van der Waals surface area (Å²) in [5, 5.41) is 0.273. The maximum atomic E-state index is 12.5. The van der Waals surface area contributed by atoms with E-state index in [2.05, 4.69) is 59.9 Å². The number of carbonyl (C=O) groups is 1. The van der Waals surface area contributed by atoms with Gasteiger partial charge in [0.1, 0.15) is 0 Å². The van der Waals surface area contributed by atoms with Crippen LogP contribution >= 0.6 is 0 Å². The number of hydrogen-bond donors (Lipinski definition) is 0. The number of allylic oxidation sites excluding steroid dienone is 3. The zero-order valence-corrected chi connectivity index (χ0v) is 20.1. The SMILES string of the molecule is CC(C)(C)[Si](C)(C)OC1CC[C@@]2(C)C(=CCC3C2CC[C@]2(C)C(=O)C=CC32)C1. The summed E-state index contributed by atoms with van der Waals surface area (Å²) in [7, 11) is -1.72. The Balaban J connectivity index is 1.54. The molecule has 4 aliphatic carbocycles. The van der Waals surface area contributed by atoms with Crippen LogP contribution in [0.1, 0.15) is 73.1 Å². The molecule has 0 bridgehead atoms. The van der Waals surface area contributed by atoms with Crippen molar-refractivity contribution in [2.45, 2.75) is 97.4 Å². The predicted molar refractivity (Wildman–Crippen MR) is 119 cm³/mol. The monoisotopic (exact) mass is 400 g/mol. The van der Waals surface area contributed by atoms with Crippen LogP contribution in [0, 0.1) is 28.6 Å². The van der Waals surface area contributed by atoms with Gasteiger partial charge < -0.3 is 4.43 Å². The third kappa shape index (κ3) is 2.95. The molecule has 28 heavy (non-hydrogen) atoms. The highest BCUT2D eigenvalue weighted by Crippen LogP contribution is 2.63. The van der Waals surface area contributed by atoms with Crippen molar-refractivity contribution < 1.29 is 9.22 Å². The third-order valence-corrected chi connectivity index (χ3v) is 14.1. The van der Waals surface area contributed by atoms with Crippen LogP contribution in [0.2, 0.25) is 18.1 Å². The minimum absolute atomic E-state index is 0.120. The Morgan fingerprint density at radius 1 is 1.11 bits per heavy atom. The maximum Gasteiger partial charge on any atom is 0.192 e. The van der Waals surface area contributed by atoms with E-state index < -0.39 is 8.32 Å². The highest BCUT2D eigenvalue weighted by atomic mass is 28.4. The topological polar surface area (TPSA) is 26.3 Å². The molecule has 3 heteroatoms. The fraction of sp³-hybridized carbons (Fsp3) is 0.800. The van der Waals surface area contributed by atoms with Crippen LogP contribution < -0.4 is 0 Å². The minimum Gasteiger partial charge on any atom is -0.414 e. The zero-order chi connectivity index (χ0) is 20.5. The van der Waals surface area contributed by atoms with Gasteiger partial charge in [0, 0.05) is 11.5 Å². The van der Waals surface area contributed by atoms with E-state index in [1.165, 1.54) is 19.3 Å². The third-order valence-electron chi connectivity index (χ3n) is 9.60. The van der Waals surface area contributed by atoms with E-state index in [-0.39, 0.29) is 10.5 Å². The van der Waals surface area contributed by atoms with Crippen molar-refractivity contribution in [1.29, 1.82) is 0 Å². The quantitative estimate of drug-likeness (QED) is 0.381. The number of fused-ring (bicyclic) bond motifs is 5. The number of hydrogen-bond acceptors (Lipinski definition) is 2. The number of ketones is 1. The molecule has 2 fully saturated rings. The first-order valence-corrected chi connectivity index (χ1v) is 14.4. The molecule has 4 aliphatic rings. The van der Waals surface area contributed by atoms with E-state index in [9.17, 15) is 4.79 Å². The zero-order valence-electron chi connectivity index (χ0n) is 19.1. The summed E-state index contributed by atoms with van der Waals surface area (Å²) in [5.74, 6) is 2.21. The molecule has 0 saturated heterocycles. The second-order valence-corrected chi connectivity index (χ2v) is 16.9. The molecule has 0 N–H and O–H groups in total. The van der Waals surface area contributed by atoms with E-state index in [0.717, 1.165) is 25.2 Å². The lowest BCUT2D eigenvalue weighted by Gasteiger charge is -2.57. The molecule has 4 unspecified atom stereocenters. The van der Waals surface area contributed by atoms with Crippen molar-refractivity contribution in [1.82, 2.24) is 0 Å². The summed E-state index contributed by atoms with van der Waals surface area (Å²) in [4.78, 5) is 12.5. The molecule has 0 radical (unpaired) electrons. The maximum absolute atomic E-state index is 12.5. The fourth-order valence-electron chi connectivity index (χ4n) is 6.60. The lowest BCUT2D eigenvalue weighted by molar-refractivity contribution is -0.129. The summed E-state index contributed by atoms with van der Waals surface area (Å²) >= 11 is 0. The van der Waals surface area contributed by atoms with Gasteiger partial charge in [-0.1, -0.05) is 52.3 Å². The highest BCUT2D eigenvalue weighted by molar-refractivity contribution is 6.74. The van der Waals surface area contributed by atoms with Crippen molar-refractivity contribution >= 4 is 14.1 Å². The molecule has 0 spiro atoms. The molecule has 4 rings (SSSR count). The van der Waals surface area contributed by atoms with Crippen molar-refractivity contribution in [3.8, 4) is 0 Å². The summed E-state index contributed by atoms with van der Waals surface area (Å²) in [6.07, 6.45) is 14.1. The number of carbonyl (C=O) groups excluding carboxylic acids is 1. The molecular formula is C25H40O2Si. The van der Waals surface area contributed by atoms with Gasteiger partial charge in [-0.15, -0.1) is 0 Å². The second kappa shape index (κ2) is 6.41. The van der Waals surface area contributed by atoms with Crippen LogP contribution in [-0.2, 0) is 9.22 Å². The van der Waals surface area contributed by atoms with Crippen LogP contribution in [0.4, 0.5) is 0 Å². The van der Waals surface area contributed by atoms with Crippen LogP contribution in [0.5, 0.6) is 0 Å². The van der Waals surface area contributed by atoms with Crippen molar-refractivity contribution in [3.63, 3.8) is 0 Å². The normalized spacial score (nSPS) is 43.2. The van der Waals surface area contributed by atoms with Crippen molar-refractivity contribution in [2.75, 3.05) is 0 Å². The predicted octanol–water partition coefficient (Wildman–Crippen LogP) is 6.68. The van der Waals surface area contributed by atoms with Crippen LogP contribution in [-0.4, -0.2) is 20.2 Å². The molecule has 0 aliphatic heterocycles. The Kier molecular flexibility index (Phi) is 4.71. The van der Waals surface area contributed by atoms with Crippen LogP contribution in [0.3, 0.4) is 0 Å². The van der Waals surface area contributed by atoms with Crippen LogP contribution in [0.15, 0.2) is 23.8 Å². The van der Waals surface area contributed by atoms with E-state index in [1.807, 2.05) is 6.08 Å². The van der Waals surface area contributed by atoms with E-state index in [1.54, 1.807) is 5.57 Å². The Labute approximate surface area is 173 Å². The van der Waals surface area contributed by atoms with E-state index >= 15 is 0 Å². The summed E-state index contributed by atoms with van der Waals surface area (Å²) in [5.41, 5.74) is 1.86. The average molecular weight is 401 g/mol. The van der Waals surface area contributed by atoms with E-state index in [0.29, 0.717) is 29.1 Å². The van der Waals surface area contributed by atoms with Gasteiger partial charge in [-0.2, -0.15) is 0 Å². The molecular weight excluding hydrogens is 360 g/mol. The van der Waals surface area contributed by atoms with Gasteiger partial charge in [0.2, 0.25) is 0 Å². The largest absolute Gasteiger partial charge is 0.414 e. The first-order valence-electron chi connectivity index (χ1n) is 11.5. The molecule has 0 heterocycles. The Morgan fingerprint density at radius 3 is 2.46 bits per heavy atom. The van der Waals surface area contributed by atoms with Gasteiger partial charge in [-0.25, -0.2) is 0 Å². The van der Waals surface area contributed by atoms with E-state index in [4.69, 9.17) is 4.43 Å². The Hall–Kier alpha value is -0.673. The van der Waals surface area contributed by atoms with Crippen LogP contribution in [0.25, 0.3) is 0 Å². The van der Waals surface area contributed by atoms with Gasteiger partial charge >= 0.3 is 0 Å². The smallest absolute Gasteiger partial charge is 0.192 e. The Morgan fingerprint density at radius 2 is 1.79 bits per heavy atom. The molecule has 0 aromatic heterocycles. The summed E-state index contributed by atoms with van der Waals surface area (Å²) in [6, 6.07) is 0. The fourth-order valence-corrected chi connectivity index (χ4v) is 7.99. The molecule has 0 aromatic carbocycles. The first kappa shape index (κ1) is 20.6. The first-order chi connectivity index (χ1) is 12.9. The second-order valence-electron chi connectivity index (χ2n) is 12.1. The molecule has 0 aromatic rings. The van der Waals surface area contributed by atoms with Gasteiger partial charge in [-0.05, 0) is 85.9 Å². The standard InChI is InChI=1S/C25H40O2Si/c1-23(2,3)28(6,7)27-18-12-14-24(4)17(16-18)8-9-19-20-10-11-22(26)25(20,5)15-13-21(19)24/h8,10-11,18-21H,9,12-16H2,1-7H3/t18?,19?,20?,21?,24-,25-/m0/s1. The molecule has 156 valence electrons. The molecule has 0 amide bonds. The molecule has 2 saturated carbocycles. The van der Waals surface area contributed by atoms with Gasteiger partial charge in [0.25, 0.3) is 0 Å². The lowest BCUT2D eigenvalue weighted by Crippen LogP contribution is -2.52. The van der Waals surface area contributed by atoms with Gasteiger partial charge in [-0.3, -0.25) is 4.79 Å². The lowest BCUT2D eigenvalue weighted by atomic mass is 9.48. The van der Waals surface area contributed by atoms with Crippen molar-refractivity contribution in [3.05, 3.63) is 23.8 Å². The average Bonchev–Trinajstić information content (AvgIpc) is 2.89. The summed E-state index contributed by atoms with van der Waals surface area (Å²) < 4.78 is 6.81. The highest BCUT2D eigenvalue weighted by Gasteiger charge is 2.57. The Bertz CT molecular complexity index is 727. The molecule has 2 nitrogen and oxygen atoms in total. The van der Waals surface area contributed by atoms with Gasteiger partial charge in [0.15, 0.2) is 14.1 Å². The van der Waals surface area contributed by atoms with Crippen molar-refractivity contribution in [2.24, 2.45) is 28.6 Å². The number of rotatable bonds is 2. The molecule has 6 atom stereocenters. The van der Waals surface area contributed by atoms with Gasteiger partial charge in [0.05, 0.1) is 0 Å². The minimum atomic E-state index is -1.72. The summed E-state index contributed by atoms with van der Waals surface area (Å²) in [6.45, 7) is 16.5.